The first-order chi connectivity index (χ1) is 8.22. The van der Waals surface area contributed by atoms with Crippen molar-refractivity contribution >= 4 is 32.1 Å². The molecule has 0 atom stereocenters. The predicted octanol–water partition coefficient (Wildman–Crippen LogP) is 1.97. The van der Waals surface area contributed by atoms with Gasteiger partial charge < -0.3 is 5.73 Å². The van der Waals surface area contributed by atoms with Gasteiger partial charge in [0.15, 0.2) is 0 Å². The topological polar surface area (TPSA) is 71.3 Å². The van der Waals surface area contributed by atoms with Gasteiger partial charge in [-0.3, -0.25) is 9.20 Å². The molecule has 82 valence electrons. The molecule has 0 bridgehead atoms. The highest BCUT2D eigenvalue weighted by Gasteiger charge is 2.12. The summed E-state index contributed by atoms with van der Waals surface area (Å²) < 4.78 is 2.54. The van der Waals surface area contributed by atoms with Crippen molar-refractivity contribution in [2.45, 2.75) is 0 Å². The van der Waals surface area contributed by atoms with E-state index in [4.69, 9.17) is 11.0 Å². The zero-order chi connectivity index (χ0) is 12.0. The quantitative estimate of drug-likeness (QED) is 0.654. The van der Waals surface area contributed by atoms with Gasteiger partial charge in [-0.1, -0.05) is 12.1 Å². The molecule has 2 aromatic heterocycles. The molecule has 2 heterocycles. The van der Waals surface area contributed by atoms with Crippen molar-refractivity contribution in [2.75, 3.05) is 5.73 Å². The molecular weight excluding hydrogens is 234 g/mol. The maximum atomic E-state index is 12.1. The van der Waals surface area contributed by atoms with E-state index >= 15 is 0 Å². The minimum Gasteiger partial charge on any atom is -0.397 e. The molecule has 3 aromatic rings. The Morgan fingerprint density at radius 2 is 2.12 bits per heavy atom. The second kappa shape index (κ2) is 3.34. The Morgan fingerprint density at radius 1 is 1.35 bits per heavy atom. The standard InChI is InChI=1S/C12H7N3OS/c13-6-7-8(14)5-11-15(12(7)16)9-3-1-2-4-10(9)17-11/h1-5H,14H2. The van der Waals surface area contributed by atoms with Crippen molar-refractivity contribution in [3.8, 4) is 6.07 Å². The first-order valence-electron chi connectivity index (χ1n) is 4.95. The second-order valence-corrected chi connectivity index (χ2v) is 4.70. The van der Waals surface area contributed by atoms with Gasteiger partial charge in [-0.05, 0) is 18.2 Å². The molecule has 4 nitrogen and oxygen atoms in total. The van der Waals surface area contributed by atoms with Crippen LogP contribution >= 0.6 is 11.3 Å². The Hall–Kier alpha value is -2.32. The molecule has 0 fully saturated rings. The third-order valence-electron chi connectivity index (χ3n) is 2.64. The molecule has 0 radical (unpaired) electrons. The molecule has 17 heavy (non-hydrogen) atoms. The van der Waals surface area contributed by atoms with Crippen LogP contribution in [0.15, 0.2) is 35.1 Å². The molecule has 3 rings (SSSR count). The van der Waals surface area contributed by atoms with E-state index in [0.29, 0.717) is 0 Å². The van der Waals surface area contributed by atoms with Gasteiger partial charge >= 0.3 is 0 Å². The van der Waals surface area contributed by atoms with Crippen molar-refractivity contribution in [3.63, 3.8) is 0 Å². The lowest BCUT2D eigenvalue weighted by molar-refractivity contribution is 1.16. The van der Waals surface area contributed by atoms with E-state index in [2.05, 4.69) is 0 Å². The molecule has 0 saturated carbocycles. The molecule has 0 aliphatic heterocycles. The fourth-order valence-corrected chi connectivity index (χ4v) is 2.96. The molecule has 0 amide bonds. The summed E-state index contributed by atoms with van der Waals surface area (Å²) in [5.74, 6) is 0. The number of pyridine rings is 1. The number of para-hydroxylation sites is 1. The number of nitrogens with zero attached hydrogens (tertiary/aromatic N) is 2. The number of fused-ring (bicyclic) bond motifs is 3. The highest BCUT2D eigenvalue weighted by Crippen LogP contribution is 2.26. The molecule has 1 aromatic carbocycles. The van der Waals surface area contributed by atoms with Gasteiger partial charge in [-0.15, -0.1) is 11.3 Å². The van der Waals surface area contributed by atoms with Crippen molar-refractivity contribution in [3.05, 3.63) is 46.2 Å². The number of hydrogen-bond acceptors (Lipinski definition) is 4. The summed E-state index contributed by atoms with van der Waals surface area (Å²) in [6.07, 6.45) is 0. The highest BCUT2D eigenvalue weighted by atomic mass is 32.1. The number of hydrogen-bond donors (Lipinski definition) is 1. The molecular formula is C12H7N3OS. The van der Waals surface area contributed by atoms with Gasteiger partial charge in [0.05, 0.1) is 15.9 Å². The average molecular weight is 241 g/mol. The van der Waals surface area contributed by atoms with E-state index in [0.717, 1.165) is 15.0 Å². The van der Waals surface area contributed by atoms with Gasteiger partial charge in [0.25, 0.3) is 5.56 Å². The van der Waals surface area contributed by atoms with Crippen LogP contribution in [0.3, 0.4) is 0 Å². The fraction of sp³-hybridized carbons (Fsp3) is 0. The Balaban J connectivity index is 2.66. The lowest BCUT2D eigenvalue weighted by atomic mass is 10.2. The minimum absolute atomic E-state index is 0.00560. The van der Waals surface area contributed by atoms with Crippen molar-refractivity contribution in [2.24, 2.45) is 0 Å². The number of aromatic nitrogens is 1. The number of anilines is 1. The summed E-state index contributed by atoms with van der Waals surface area (Å²) in [5.41, 5.74) is 6.40. The minimum atomic E-state index is -0.347. The Kier molecular flexibility index (Phi) is 1.94. The van der Waals surface area contributed by atoms with Gasteiger partial charge in [0.1, 0.15) is 16.5 Å². The Bertz CT molecular complexity index is 838. The van der Waals surface area contributed by atoms with Gasteiger partial charge in [0, 0.05) is 0 Å². The number of thiazole rings is 1. The smallest absolute Gasteiger partial charge is 0.276 e. The second-order valence-electron chi connectivity index (χ2n) is 3.64. The highest BCUT2D eigenvalue weighted by molar-refractivity contribution is 7.23. The summed E-state index contributed by atoms with van der Waals surface area (Å²) in [4.78, 5) is 12.9. The number of benzene rings is 1. The molecule has 2 N–H and O–H groups in total. The van der Waals surface area contributed by atoms with Crippen LogP contribution in [0.1, 0.15) is 5.56 Å². The summed E-state index contributed by atoms with van der Waals surface area (Å²) in [6, 6.07) is 11.1. The van der Waals surface area contributed by atoms with Gasteiger partial charge in [0.2, 0.25) is 0 Å². The van der Waals surface area contributed by atoms with E-state index in [9.17, 15) is 4.79 Å². The zero-order valence-corrected chi connectivity index (χ0v) is 9.49. The van der Waals surface area contributed by atoms with Crippen LogP contribution in [-0.2, 0) is 0 Å². The van der Waals surface area contributed by atoms with E-state index in [1.165, 1.54) is 15.7 Å². The van der Waals surface area contributed by atoms with E-state index in [1.54, 1.807) is 6.07 Å². The molecule has 0 spiro atoms. The van der Waals surface area contributed by atoms with Crippen LogP contribution in [0.5, 0.6) is 0 Å². The molecule has 0 aliphatic carbocycles. The van der Waals surface area contributed by atoms with Crippen LogP contribution in [0, 0.1) is 11.3 Å². The SMILES string of the molecule is N#Cc1c(N)cc2sc3ccccc3n2c1=O. The van der Waals surface area contributed by atoms with Gasteiger partial charge in [-0.2, -0.15) is 5.26 Å². The van der Waals surface area contributed by atoms with Crippen molar-refractivity contribution in [1.29, 1.82) is 5.26 Å². The number of rotatable bonds is 0. The fourth-order valence-electron chi connectivity index (χ4n) is 1.86. The van der Waals surface area contributed by atoms with Crippen LogP contribution < -0.4 is 11.3 Å². The molecule has 0 saturated heterocycles. The first-order valence-corrected chi connectivity index (χ1v) is 5.77. The predicted molar refractivity (Wildman–Crippen MR) is 68.2 cm³/mol. The van der Waals surface area contributed by atoms with Crippen molar-refractivity contribution < 1.29 is 0 Å². The first kappa shape index (κ1) is 9.87. The maximum absolute atomic E-state index is 12.1. The van der Waals surface area contributed by atoms with Crippen LogP contribution in [-0.4, -0.2) is 4.40 Å². The summed E-state index contributed by atoms with van der Waals surface area (Å²) in [5, 5.41) is 8.93. The monoisotopic (exact) mass is 241 g/mol. The summed E-state index contributed by atoms with van der Waals surface area (Å²) in [7, 11) is 0. The number of nitrogen functional groups attached to an aromatic ring is 1. The lowest BCUT2D eigenvalue weighted by Gasteiger charge is -1.98. The third-order valence-corrected chi connectivity index (χ3v) is 3.71. The number of nitriles is 1. The van der Waals surface area contributed by atoms with Crippen LogP contribution in [0.25, 0.3) is 15.0 Å². The molecule has 5 heteroatoms. The normalized spacial score (nSPS) is 10.8. The summed E-state index contributed by atoms with van der Waals surface area (Å²) in [6.45, 7) is 0. The third kappa shape index (κ3) is 1.25. The Morgan fingerprint density at radius 3 is 2.88 bits per heavy atom. The number of nitrogens with two attached hydrogens (primary N) is 1. The maximum Gasteiger partial charge on any atom is 0.276 e. The Labute approximate surface area is 100 Å². The van der Waals surface area contributed by atoms with Crippen LogP contribution in [0.2, 0.25) is 0 Å². The largest absolute Gasteiger partial charge is 0.397 e. The molecule has 0 unspecified atom stereocenters. The van der Waals surface area contributed by atoms with E-state index in [-0.39, 0.29) is 16.8 Å². The van der Waals surface area contributed by atoms with Crippen molar-refractivity contribution in [1.82, 2.24) is 4.40 Å². The lowest BCUT2D eigenvalue weighted by Crippen LogP contribution is -2.17. The van der Waals surface area contributed by atoms with E-state index in [1.807, 2.05) is 30.3 Å². The average Bonchev–Trinajstić information content (AvgIpc) is 2.67. The summed E-state index contributed by atoms with van der Waals surface area (Å²) >= 11 is 1.48. The van der Waals surface area contributed by atoms with Crippen LogP contribution in [0.4, 0.5) is 5.69 Å². The van der Waals surface area contributed by atoms with E-state index < -0.39 is 0 Å². The van der Waals surface area contributed by atoms with Gasteiger partial charge in [-0.25, -0.2) is 0 Å². The molecule has 0 aliphatic rings. The zero-order valence-electron chi connectivity index (χ0n) is 8.68.